The van der Waals surface area contributed by atoms with E-state index in [1.54, 1.807) is 6.92 Å². The van der Waals surface area contributed by atoms with Crippen molar-refractivity contribution in [3.63, 3.8) is 0 Å². The average molecular weight is 378 g/mol. The molecule has 0 spiro atoms. The molecule has 8 heteroatoms. The van der Waals surface area contributed by atoms with Gasteiger partial charge in [0.15, 0.2) is 8.32 Å². The molecule has 2 rings (SSSR count). The van der Waals surface area contributed by atoms with Crippen molar-refractivity contribution in [3.05, 3.63) is 44.2 Å². The molecular weight excluding hydrogens is 350 g/mol. The molecule has 0 aromatic carbocycles. The molecule has 0 amide bonds. The number of hydrogen-bond acceptors (Lipinski definition) is 5. The average Bonchev–Trinajstić information content (AvgIpc) is 2.91. The van der Waals surface area contributed by atoms with Gasteiger partial charge in [-0.2, -0.15) is 5.26 Å². The van der Waals surface area contributed by atoms with Gasteiger partial charge >= 0.3 is 5.69 Å². The van der Waals surface area contributed by atoms with E-state index in [4.69, 9.17) is 14.4 Å². The minimum Gasteiger partial charge on any atom is -0.414 e. The van der Waals surface area contributed by atoms with Crippen LogP contribution in [0.3, 0.4) is 0 Å². The van der Waals surface area contributed by atoms with Gasteiger partial charge in [0, 0.05) is 24.3 Å². The predicted molar refractivity (Wildman–Crippen MR) is 101 cm³/mol. The van der Waals surface area contributed by atoms with Crippen LogP contribution in [0.15, 0.2) is 27.4 Å². The molecule has 0 saturated carbocycles. The van der Waals surface area contributed by atoms with Gasteiger partial charge in [0.05, 0.1) is 12.7 Å². The first-order valence-corrected chi connectivity index (χ1v) is 11.6. The zero-order chi connectivity index (χ0) is 19.7. The van der Waals surface area contributed by atoms with Crippen LogP contribution >= 0.6 is 0 Å². The van der Waals surface area contributed by atoms with E-state index in [1.165, 1.54) is 16.8 Å². The van der Waals surface area contributed by atoms with Crippen LogP contribution in [0.25, 0.3) is 0 Å². The summed E-state index contributed by atoms with van der Waals surface area (Å²) in [6.45, 7) is 12.8. The van der Waals surface area contributed by atoms with Gasteiger partial charge in [-0.1, -0.05) is 20.8 Å². The molecule has 1 fully saturated rings. The zero-order valence-corrected chi connectivity index (χ0v) is 17.3. The van der Waals surface area contributed by atoms with Gasteiger partial charge in [-0.05, 0) is 30.6 Å². The molecule has 1 N–H and O–H groups in total. The molecule has 2 unspecified atom stereocenters. The molecule has 0 bridgehead atoms. The number of aryl methyl sites for hydroxylation is 1. The number of allylic oxidation sites excluding steroid dienone is 1. The standard InChI is InChI=1S/C18H27N3O4Si/c1-12-10-21(17(23)20-16(12)22)15-9-13(7-8-19)14(25-15)11-24-26(5,6)18(2,3)4/h7,10,14-15H,9,11H2,1-6H3,(H,20,22,23)/b13-7+. The van der Waals surface area contributed by atoms with Gasteiger partial charge in [-0.15, -0.1) is 0 Å². The normalized spacial score (nSPS) is 22.6. The highest BCUT2D eigenvalue weighted by Crippen LogP contribution is 2.38. The number of nitrogens with one attached hydrogen (secondary N) is 1. The lowest BCUT2D eigenvalue weighted by Gasteiger charge is -2.37. The van der Waals surface area contributed by atoms with Crippen LogP contribution in [0.5, 0.6) is 0 Å². The minimum absolute atomic E-state index is 0.0665. The van der Waals surface area contributed by atoms with Crippen LogP contribution in [-0.2, 0) is 9.16 Å². The molecule has 1 aliphatic heterocycles. The van der Waals surface area contributed by atoms with Gasteiger partial charge in [-0.25, -0.2) is 4.79 Å². The number of ether oxygens (including phenoxy) is 1. The van der Waals surface area contributed by atoms with Crippen LogP contribution in [-0.4, -0.2) is 30.6 Å². The third kappa shape index (κ3) is 4.23. The lowest BCUT2D eigenvalue weighted by molar-refractivity contribution is -0.0166. The highest BCUT2D eigenvalue weighted by atomic mass is 28.4. The highest BCUT2D eigenvalue weighted by molar-refractivity contribution is 6.74. The summed E-state index contributed by atoms with van der Waals surface area (Å²) >= 11 is 0. The Morgan fingerprint density at radius 3 is 2.69 bits per heavy atom. The van der Waals surface area contributed by atoms with Gasteiger partial charge in [0.1, 0.15) is 12.3 Å². The smallest absolute Gasteiger partial charge is 0.330 e. The van der Waals surface area contributed by atoms with Crippen LogP contribution in [0.2, 0.25) is 18.1 Å². The summed E-state index contributed by atoms with van der Waals surface area (Å²) in [6, 6.07) is 2.04. The molecule has 7 nitrogen and oxygen atoms in total. The summed E-state index contributed by atoms with van der Waals surface area (Å²) in [5, 5.41) is 9.13. The topological polar surface area (TPSA) is 97.1 Å². The molecule has 1 aromatic heterocycles. The zero-order valence-electron chi connectivity index (χ0n) is 16.3. The number of nitriles is 1. The molecule has 142 valence electrons. The maximum Gasteiger partial charge on any atom is 0.330 e. The summed E-state index contributed by atoms with van der Waals surface area (Å²) in [5.41, 5.74) is 0.301. The van der Waals surface area contributed by atoms with E-state index >= 15 is 0 Å². The second-order valence-corrected chi connectivity index (χ2v) is 13.0. The highest BCUT2D eigenvalue weighted by Gasteiger charge is 2.39. The summed E-state index contributed by atoms with van der Waals surface area (Å²) in [6.07, 6.45) is 2.42. The SMILES string of the molecule is Cc1cn(C2C/C(=C\C#N)C(CO[Si](C)(C)C(C)(C)C)O2)c(=O)[nH]c1=O. The van der Waals surface area contributed by atoms with Gasteiger partial charge in [-0.3, -0.25) is 14.3 Å². The van der Waals surface area contributed by atoms with E-state index in [0.29, 0.717) is 18.6 Å². The van der Waals surface area contributed by atoms with Crippen molar-refractivity contribution in [2.75, 3.05) is 6.61 Å². The Balaban J connectivity index is 2.23. The summed E-state index contributed by atoms with van der Waals surface area (Å²) in [5.74, 6) is 0. The van der Waals surface area contributed by atoms with E-state index in [9.17, 15) is 9.59 Å². The third-order valence-corrected chi connectivity index (χ3v) is 9.75. The van der Waals surface area contributed by atoms with Crippen molar-refractivity contribution >= 4 is 8.32 Å². The van der Waals surface area contributed by atoms with E-state index < -0.39 is 25.8 Å². The van der Waals surface area contributed by atoms with E-state index in [0.717, 1.165) is 5.57 Å². The quantitative estimate of drug-likeness (QED) is 0.642. The Hall–Kier alpha value is -1.95. The Morgan fingerprint density at radius 1 is 1.46 bits per heavy atom. The predicted octanol–water partition coefficient (Wildman–Crippen LogP) is 2.60. The second kappa shape index (κ2) is 7.35. The molecule has 2 atom stereocenters. The maximum atomic E-state index is 12.1. The fourth-order valence-electron chi connectivity index (χ4n) is 2.50. The number of H-pyrrole nitrogens is 1. The van der Waals surface area contributed by atoms with Crippen LogP contribution in [0.4, 0.5) is 0 Å². The number of hydrogen-bond donors (Lipinski definition) is 1. The molecule has 0 radical (unpaired) electrons. The van der Waals surface area contributed by atoms with Crippen molar-refractivity contribution in [1.82, 2.24) is 9.55 Å². The lowest BCUT2D eigenvalue weighted by atomic mass is 10.1. The van der Waals surface area contributed by atoms with E-state index in [-0.39, 0.29) is 11.1 Å². The minimum atomic E-state index is -1.96. The Morgan fingerprint density at radius 2 is 2.12 bits per heavy atom. The first kappa shape index (κ1) is 20.4. The first-order valence-electron chi connectivity index (χ1n) is 8.66. The fourth-order valence-corrected chi connectivity index (χ4v) is 3.50. The number of aromatic amines is 1. The van der Waals surface area contributed by atoms with Crippen LogP contribution in [0, 0.1) is 18.3 Å². The molecule has 1 aliphatic rings. The first-order chi connectivity index (χ1) is 12.0. The summed E-state index contributed by atoms with van der Waals surface area (Å²) in [7, 11) is -1.96. The van der Waals surface area contributed by atoms with Crippen molar-refractivity contribution in [3.8, 4) is 6.07 Å². The molecular formula is C18H27N3O4Si. The Kier molecular flexibility index (Phi) is 5.75. The van der Waals surface area contributed by atoms with Crippen LogP contribution in [0.1, 0.15) is 39.0 Å². The fraction of sp³-hybridized carbons (Fsp3) is 0.611. The van der Waals surface area contributed by atoms with Crippen LogP contribution < -0.4 is 11.2 Å². The van der Waals surface area contributed by atoms with E-state index in [2.05, 4.69) is 38.8 Å². The Labute approximate surface area is 154 Å². The lowest BCUT2D eigenvalue weighted by Crippen LogP contribution is -2.42. The van der Waals surface area contributed by atoms with Crippen molar-refractivity contribution < 1.29 is 9.16 Å². The van der Waals surface area contributed by atoms with E-state index in [1.807, 2.05) is 6.07 Å². The molecule has 0 aliphatic carbocycles. The Bertz CT molecular complexity index is 855. The van der Waals surface area contributed by atoms with Gasteiger partial charge in [0.2, 0.25) is 0 Å². The maximum absolute atomic E-state index is 12.1. The molecule has 1 saturated heterocycles. The van der Waals surface area contributed by atoms with Crippen molar-refractivity contribution in [2.24, 2.45) is 0 Å². The van der Waals surface area contributed by atoms with Gasteiger partial charge in [0.25, 0.3) is 5.56 Å². The summed E-state index contributed by atoms with van der Waals surface area (Å²) < 4.78 is 13.6. The van der Waals surface area contributed by atoms with Crippen molar-refractivity contribution in [2.45, 2.75) is 64.6 Å². The number of nitrogens with zero attached hydrogens (tertiary/aromatic N) is 2. The second-order valence-electron chi connectivity index (χ2n) is 8.18. The molecule has 26 heavy (non-hydrogen) atoms. The number of aromatic nitrogens is 2. The number of rotatable bonds is 4. The van der Waals surface area contributed by atoms with Gasteiger partial charge < -0.3 is 9.16 Å². The molecule has 1 aromatic rings. The molecule has 2 heterocycles. The largest absolute Gasteiger partial charge is 0.414 e. The third-order valence-electron chi connectivity index (χ3n) is 5.25. The monoisotopic (exact) mass is 377 g/mol. The van der Waals surface area contributed by atoms with Crippen molar-refractivity contribution in [1.29, 1.82) is 5.26 Å². The summed E-state index contributed by atoms with van der Waals surface area (Å²) in [4.78, 5) is 26.0.